The molecule has 2 heterocycles. The molecule has 1 aromatic carbocycles. The summed E-state index contributed by atoms with van der Waals surface area (Å²) in [6.45, 7) is 4.64. The summed E-state index contributed by atoms with van der Waals surface area (Å²) in [6, 6.07) is 7.40. The van der Waals surface area contributed by atoms with Crippen molar-refractivity contribution in [1.82, 2.24) is 9.78 Å². The van der Waals surface area contributed by atoms with Crippen LogP contribution in [0.3, 0.4) is 0 Å². The van der Waals surface area contributed by atoms with Crippen molar-refractivity contribution in [2.75, 3.05) is 5.32 Å². The van der Waals surface area contributed by atoms with Crippen LogP contribution < -0.4 is 14.8 Å². The number of carbonyl (C=O) groups is 1. The molecular formula is C18H21N3O3. The number of rotatable bonds is 4. The molecule has 0 unspecified atom stereocenters. The molecule has 6 nitrogen and oxygen atoms in total. The molecule has 1 aliphatic carbocycles. The first-order chi connectivity index (χ1) is 11.6. The first kappa shape index (κ1) is 15.1. The summed E-state index contributed by atoms with van der Waals surface area (Å²) < 4.78 is 13.6. The van der Waals surface area contributed by atoms with E-state index in [4.69, 9.17) is 9.47 Å². The lowest BCUT2D eigenvalue weighted by atomic mass is 10.1. The number of hydrogen-bond acceptors (Lipinski definition) is 4. The second-order valence-corrected chi connectivity index (χ2v) is 6.60. The van der Waals surface area contributed by atoms with Gasteiger partial charge in [-0.15, -0.1) is 0 Å². The number of hydrogen-bond donors (Lipinski definition) is 1. The molecule has 2 atom stereocenters. The topological polar surface area (TPSA) is 65.4 Å². The monoisotopic (exact) mass is 327 g/mol. The summed E-state index contributed by atoms with van der Waals surface area (Å²) in [5.41, 5.74) is 0.953. The highest BCUT2D eigenvalue weighted by Gasteiger charge is 2.35. The number of aromatic nitrogens is 2. The largest absolute Gasteiger partial charge is 0.482 e. The zero-order chi connectivity index (χ0) is 16.7. The van der Waals surface area contributed by atoms with E-state index in [1.807, 2.05) is 42.8 Å². The predicted octanol–water partition coefficient (Wildman–Crippen LogP) is 2.77. The standard InChI is InChI=1S/C18H21N3O3/c1-11-9-19-21(10-13-7-8-13)17(11)20-18(22)16-12(2)23-14-5-3-4-6-15(14)24-16/h3-6,9,12-13,16H,7-8,10H2,1-2H3,(H,20,22)/t12-,16+/m0/s1. The van der Waals surface area contributed by atoms with Crippen molar-refractivity contribution >= 4 is 11.7 Å². The Morgan fingerprint density at radius 1 is 1.29 bits per heavy atom. The molecule has 1 saturated carbocycles. The van der Waals surface area contributed by atoms with Gasteiger partial charge in [0.25, 0.3) is 5.91 Å². The number of benzene rings is 1. The summed E-state index contributed by atoms with van der Waals surface area (Å²) in [6.07, 6.45) is 3.21. The van der Waals surface area contributed by atoms with E-state index in [0.717, 1.165) is 17.9 Å². The molecule has 24 heavy (non-hydrogen) atoms. The number of fused-ring (bicyclic) bond motifs is 1. The Morgan fingerprint density at radius 2 is 2.00 bits per heavy atom. The summed E-state index contributed by atoms with van der Waals surface area (Å²) in [5, 5.41) is 7.36. The van der Waals surface area contributed by atoms with Crippen molar-refractivity contribution in [2.45, 2.75) is 45.4 Å². The molecule has 126 valence electrons. The van der Waals surface area contributed by atoms with Crippen molar-refractivity contribution in [3.05, 3.63) is 36.0 Å². The maximum atomic E-state index is 12.7. The summed E-state index contributed by atoms with van der Waals surface area (Å²) in [7, 11) is 0. The lowest BCUT2D eigenvalue weighted by Crippen LogP contribution is -2.46. The summed E-state index contributed by atoms with van der Waals surface area (Å²) in [5.74, 6) is 2.49. The van der Waals surface area contributed by atoms with Crippen LogP contribution >= 0.6 is 0 Å². The lowest BCUT2D eigenvalue weighted by Gasteiger charge is -2.31. The van der Waals surface area contributed by atoms with E-state index in [2.05, 4.69) is 10.4 Å². The Labute approximate surface area is 140 Å². The first-order valence-corrected chi connectivity index (χ1v) is 8.37. The van der Waals surface area contributed by atoms with E-state index in [1.165, 1.54) is 12.8 Å². The molecule has 4 rings (SSSR count). The van der Waals surface area contributed by atoms with Gasteiger partial charge in [0.1, 0.15) is 11.9 Å². The molecule has 0 bridgehead atoms. The summed E-state index contributed by atoms with van der Waals surface area (Å²) >= 11 is 0. The van der Waals surface area contributed by atoms with Crippen LogP contribution in [0.5, 0.6) is 11.5 Å². The first-order valence-electron chi connectivity index (χ1n) is 8.37. The number of amides is 1. The van der Waals surface area contributed by atoms with Gasteiger partial charge in [-0.05, 0) is 44.7 Å². The molecule has 2 aromatic rings. The molecule has 1 amide bonds. The van der Waals surface area contributed by atoms with Crippen molar-refractivity contribution in [3.8, 4) is 11.5 Å². The second kappa shape index (κ2) is 5.85. The maximum absolute atomic E-state index is 12.7. The summed E-state index contributed by atoms with van der Waals surface area (Å²) in [4.78, 5) is 12.7. The van der Waals surface area contributed by atoms with E-state index < -0.39 is 6.10 Å². The van der Waals surface area contributed by atoms with E-state index in [1.54, 1.807) is 6.20 Å². The van der Waals surface area contributed by atoms with Crippen LogP contribution in [0.2, 0.25) is 0 Å². The van der Waals surface area contributed by atoms with Gasteiger partial charge < -0.3 is 14.8 Å². The quantitative estimate of drug-likeness (QED) is 0.938. The predicted molar refractivity (Wildman–Crippen MR) is 89.3 cm³/mol. The average molecular weight is 327 g/mol. The highest BCUT2D eigenvalue weighted by atomic mass is 16.6. The third-order valence-electron chi connectivity index (χ3n) is 4.49. The van der Waals surface area contributed by atoms with Crippen LogP contribution in [0.1, 0.15) is 25.3 Å². The molecule has 2 aliphatic rings. The van der Waals surface area contributed by atoms with E-state index in [9.17, 15) is 4.79 Å². The van der Waals surface area contributed by atoms with Crippen molar-refractivity contribution in [2.24, 2.45) is 5.92 Å². The highest BCUT2D eigenvalue weighted by molar-refractivity contribution is 5.95. The van der Waals surface area contributed by atoms with Crippen LogP contribution in [0, 0.1) is 12.8 Å². The fourth-order valence-electron chi connectivity index (χ4n) is 2.92. The average Bonchev–Trinajstić information content (AvgIpc) is 3.33. The van der Waals surface area contributed by atoms with Crippen LogP contribution in [-0.2, 0) is 11.3 Å². The van der Waals surface area contributed by atoms with Crippen LogP contribution in [0.25, 0.3) is 0 Å². The Hall–Kier alpha value is -2.50. The number of aryl methyl sites for hydroxylation is 1. The van der Waals surface area contributed by atoms with Crippen LogP contribution in [0.4, 0.5) is 5.82 Å². The van der Waals surface area contributed by atoms with Gasteiger partial charge in [-0.1, -0.05) is 12.1 Å². The fraction of sp³-hybridized carbons (Fsp3) is 0.444. The number of ether oxygens (including phenoxy) is 2. The van der Waals surface area contributed by atoms with Crippen LogP contribution in [-0.4, -0.2) is 27.9 Å². The van der Waals surface area contributed by atoms with Gasteiger partial charge >= 0.3 is 0 Å². The Balaban J connectivity index is 1.51. The van der Waals surface area contributed by atoms with Gasteiger partial charge in [0.15, 0.2) is 11.5 Å². The molecule has 1 aromatic heterocycles. The van der Waals surface area contributed by atoms with E-state index in [0.29, 0.717) is 17.4 Å². The van der Waals surface area contributed by atoms with Gasteiger partial charge in [-0.2, -0.15) is 5.10 Å². The SMILES string of the molecule is Cc1cnn(CC2CC2)c1NC(=O)[C@@H]1Oc2ccccc2O[C@H]1C. The highest BCUT2D eigenvalue weighted by Crippen LogP contribution is 2.34. The number of nitrogens with zero attached hydrogens (tertiary/aromatic N) is 2. The zero-order valence-corrected chi connectivity index (χ0v) is 13.9. The van der Waals surface area contributed by atoms with Gasteiger partial charge in [-0.3, -0.25) is 4.79 Å². The smallest absolute Gasteiger partial charge is 0.270 e. The Kier molecular flexibility index (Phi) is 3.67. The van der Waals surface area contributed by atoms with Gasteiger partial charge in [0.05, 0.1) is 6.20 Å². The fourth-order valence-corrected chi connectivity index (χ4v) is 2.92. The lowest BCUT2D eigenvalue weighted by molar-refractivity contribution is -0.128. The maximum Gasteiger partial charge on any atom is 0.270 e. The van der Waals surface area contributed by atoms with Gasteiger partial charge in [0.2, 0.25) is 6.10 Å². The molecule has 6 heteroatoms. The third kappa shape index (κ3) is 2.84. The molecule has 1 aliphatic heterocycles. The minimum absolute atomic E-state index is 0.211. The number of anilines is 1. The van der Waals surface area contributed by atoms with Crippen molar-refractivity contribution in [3.63, 3.8) is 0 Å². The van der Waals surface area contributed by atoms with Crippen molar-refractivity contribution in [1.29, 1.82) is 0 Å². The van der Waals surface area contributed by atoms with E-state index in [-0.39, 0.29) is 12.0 Å². The molecule has 1 N–H and O–H groups in total. The van der Waals surface area contributed by atoms with Gasteiger partial charge in [0, 0.05) is 12.1 Å². The van der Waals surface area contributed by atoms with Crippen LogP contribution in [0.15, 0.2) is 30.5 Å². The van der Waals surface area contributed by atoms with Crippen molar-refractivity contribution < 1.29 is 14.3 Å². The molecule has 0 radical (unpaired) electrons. The minimum atomic E-state index is -0.691. The number of para-hydroxylation sites is 2. The minimum Gasteiger partial charge on any atom is -0.482 e. The molecule has 0 spiro atoms. The normalized spacial score (nSPS) is 22.2. The number of carbonyl (C=O) groups excluding carboxylic acids is 1. The number of nitrogens with one attached hydrogen (secondary N) is 1. The van der Waals surface area contributed by atoms with E-state index >= 15 is 0 Å². The second-order valence-electron chi connectivity index (χ2n) is 6.60. The third-order valence-corrected chi connectivity index (χ3v) is 4.49. The zero-order valence-electron chi connectivity index (χ0n) is 13.9. The molecular weight excluding hydrogens is 306 g/mol. The Morgan fingerprint density at radius 3 is 2.71 bits per heavy atom. The molecule has 0 saturated heterocycles. The van der Waals surface area contributed by atoms with Gasteiger partial charge in [-0.25, -0.2) is 4.68 Å². The molecule has 1 fully saturated rings. The Bertz CT molecular complexity index is 767.